The molecular weight excluding hydrogens is 384 g/mol. The summed E-state index contributed by atoms with van der Waals surface area (Å²) in [6, 6.07) is 14.8. The molecule has 3 heterocycles. The molecule has 0 radical (unpaired) electrons. The molecule has 1 saturated heterocycles. The molecule has 2 atom stereocenters. The number of aldehydes is 1. The molecular formula is C22H20N4O4. The van der Waals surface area contributed by atoms with Crippen molar-refractivity contribution in [2.24, 2.45) is 0 Å². The summed E-state index contributed by atoms with van der Waals surface area (Å²) in [5.74, 6) is 0.502. The SMILES string of the molecule is O=Cc1ccccc1OCc1cn(CC2CC3(CO2)C(=O)Nc2ccccc23)nn1. The van der Waals surface area contributed by atoms with Crippen molar-refractivity contribution in [1.82, 2.24) is 15.0 Å². The van der Waals surface area contributed by atoms with Gasteiger partial charge in [-0.1, -0.05) is 35.5 Å². The Hall–Kier alpha value is -3.52. The molecule has 0 aliphatic carbocycles. The van der Waals surface area contributed by atoms with E-state index in [0.717, 1.165) is 17.5 Å². The Morgan fingerprint density at radius 3 is 2.97 bits per heavy atom. The minimum absolute atomic E-state index is 0.00674. The van der Waals surface area contributed by atoms with Crippen LogP contribution in [0.2, 0.25) is 0 Å². The molecule has 2 unspecified atom stereocenters. The predicted octanol–water partition coefficient (Wildman–Crippen LogP) is 2.35. The normalized spacial score (nSPS) is 22.1. The van der Waals surface area contributed by atoms with Crippen molar-refractivity contribution in [2.45, 2.75) is 31.1 Å². The van der Waals surface area contributed by atoms with Gasteiger partial charge in [-0.15, -0.1) is 5.10 Å². The van der Waals surface area contributed by atoms with Gasteiger partial charge in [0.1, 0.15) is 23.5 Å². The summed E-state index contributed by atoms with van der Waals surface area (Å²) in [4.78, 5) is 23.8. The fraction of sp³-hybridized carbons (Fsp3) is 0.273. The van der Waals surface area contributed by atoms with Crippen molar-refractivity contribution in [2.75, 3.05) is 11.9 Å². The van der Waals surface area contributed by atoms with E-state index in [9.17, 15) is 9.59 Å². The van der Waals surface area contributed by atoms with E-state index < -0.39 is 5.41 Å². The second-order valence-corrected chi connectivity index (χ2v) is 7.60. The minimum atomic E-state index is -0.633. The molecule has 1 amide bonds. The lowest BCUT2D eigenvalue weighted by atomic mass is 9.79. The maximum Gasteiger partial charge on any atom is 0.237 e. The molecule has 1 spiro atoms. The number of benzene rings is 2. The van der Waals surface area contributed by atoms with Crippen molar-refractivity contribution in [3.63, 3.8) is 0 Å². The van der Waals surface area contributed by atoms with Crippen LogP contribution in [0.3, 0.4) is 0 Å². The standard InChI is InChI=1S/C22H20N4O4/c27-12-15-5-1-4-8-20(15)29-13-16-10-26(25-24-16)11-17-9-22(14-30-17)18-6-2-3-7-19(18)23-21(22)28/h1-8,10,12,17H,9,11,13-14H2,(H,23,28). The van der Waals surface area contributed by atoms with Gasteiger partial charge in [0.05, 0.1) is 31.0 Å². The molecule has 0 saturated carbocycles. The van der Waals surface area contributed by atoms with E-state index in [1.165, 1.54) is 0 Å². The number of ether oxygens (including phenoxy) is 2. The van der Waals surface area contributed by atoms with Crippen LogP contribution in [-0.4, -0.2) is 39.9 Å². The number of carbonyl (C=O) groups excluding carboxylic acids is 2. The molecule has 0 bridgehead atoms. The zero-order valence-corrected chi connectivity index (χ0v) is 16.2. The number of amides is 1. The molecule has 3 aromatic rings. The number of hydrogen-bond acceptors (Lipinski definition) is 6. The molecule has 1 aromatic heterocycles. The summed E-state index contributed by atoms with van der Waals surface area (Å²) < 4.78 is 13.4. The smallest absolute Gasteiger partial charge is 0.237 e. The maximum atomic E-state index is 12.7. The summed E-state index contributed by atoms with van der Waals surface area (Å²) in [6.45, 7) is 1.05. The van der Waals surface area contributed by atoms with E-state index in [-0.39, 0.29) is 18.6 Å². The van der Waals surface area contributed by atoms with Crippen LogP contribution in [0.25, 0.3) is 0 Å². The zero-order valence-electron chi connectivity index (χ0n) is 16.2. The van der Waals surface area contributed by atoms with E-state index in [4.69, 9.17) is 9.47 Å². The number of aromatic nitrogens is 3. The van der Waals surface area contributed by atoms with Gasteiger partial charge in [-0.25, -0.2) is 4.68 Å². The number of carbonyl (C=O) groups is 2. The molecule has 1 fully saturated rings. The first-order valence-electron chi connectivity index (χ1n) is 9.76. The van der Waals surface area contributed by atoms with Crippen molar-refractivity contribution in [3.05, 3.63) is 71.5 Å². The average molecular weight is 404 g/mol. The van der Waals surface area contributed by atoms with Gasteiger partial charge in [-0.3, -0.25) is 9.59 Å². The van der Waals surface area contributed by atoms with Gasteiger partial charge in [0.15, 0.2) is 6.29 Å². The first kappa shape index (κ1) is 18.5. The van der Waals surface area contributed by atoms with Crippen LogP contribution in [0.1, 0.15) is 28.0 Å². The van der Waals surface area contributed by atoms with Crippen molar-refractivity contribution in [3.8, 4) is 5.75 Å². The van der Waals surface area contributed by atoms with Crippen LogP contribution in [0.4, 0.5) is 5.69 Å². The number of para-hydroxylation sites is 2. The monoisotopic (exact) mass is 404 g/mol. The Morgan fingerprint density at radius 1 is 1.23 bits per heavy atom. The average Bonchev–Trinajstić information content (AvgIpc) is 3.47. The number of anilines is 1. The van der Waals surface area contributed by atoms with Gasteiger partial charge >= 0.3 is 0 Å². The fourth-order valence-corrected chi connectivity index (χ4v) is 4.17. The van der Waals surface area contributed by atoms with Gasteiger partial charge < -0.3 is 14.8 Å². The van der Waals surface area contributed by atoms with Crippen LogP contribution in [0.15, 0.2) is 54.7 Å². The number of rotatable bonds is 6. The zero-order chi connectivity index (χ0) is 20.6. The largest absolute Gasteiger partial charge is 0.486 e. The summed E-state index contributed by atoms with van der Waals surface area (Å²) in [6.07, 6.45) is 3.00. The lowest BCUT2D eigenvalue weighted by molar-refractivity contribution is -0.120. The molecule has 1 N–H and O–H groups in total. The highest BCUT2D eigenvalue weighted by molar-refractivity contribution is 6.06. The van der Waals surface area contributed by atoms with Gasteiger partial charge in [0.25, 0.3) is 0 Å². The fourth-order valence-electron chi connectivity index (χ4n) is 4.17. The number of nitrogens with one attached hydrogen (secondary N) is 1. The van der Waals surface area contributed by atoms with Crippen molar-refractivity contribution in [1.29, 1.82) is 0 Å². The minimum Gasteiger partial charge on any atom is -0.486 e. The molecule has 152 valence electrons. The Kier molecular flexibility index (Phi) is 4.55. The second kappa shape index (κ2) is 7.38. The molecule has 2 aliphatic heterocycles. The third-order valence-electron chi connectivity index (χ3n) is 5.67. The van der Waals surface area contributed by atoms with E-state index in [1.807, 2.05) is 30.3 Å². The highest BCUT2D eigenvalue weighted by atomic mass is 16.5. The predicted molar refractivity (Wildman–Crippen MR) is 107 cm³/mol. The third-order valence-corrected chi connectivity index (χ3v) is 5.67. The molecule has 8 heteroatoms. The first-order valence-corrected chi connectivity index (χ1v) is 9.76. The highest BCUT2D eigenvalue weighted by Crippen LogP contribution is 2.45. The summed E-state index contributed by atoms with van der Waals surface area (Å²) in [5, 5.41) is 11.2. The molecule has 30 heavy (non-hydrogen) atoms. The highest BCUT2D eigenvalue weighted by Gasteiger charge is 2.52. The van der Waals surface area contributed by atoms with Gasteiger partial charge in [0.2, 0.25) is 5.91 Å². The van der Waals surface area contributed by atoms with Crippen molar-refractivity contribution < 1.29 is 19.1 Å². The number of hydrogen-bond donors (Lipinski definition) is 1. The molecule has 2 aliphatic rings. The summed E-state index contributed by atoms with van der Waals surface area (Å²) in [7, 11) is 0. The second-order valence-electron chi connectivity index (χ2n) is 7.60. The van der Waals surface area contributed by atoms with E-state index in [2.05, 4.69) is 15.6 Å². The van der Waals surface area contributed by atoms with Crippen LogP contribution in [0.5, 0.6) is 5.75 Å². The van der Waals surface area contributed by atoms with Crippen LogP contribution >= 0.6 is 0 Å². The van der Waals surface area contributed by atoms with Gasteiger partial charge in [0, 0.05) is 5.69 Å². The Balaban J connectivity index is 1.23. The van der Waals surface area contributed by atoms with Crippen LogP contribution < -0.4 is 10.1 Å². The van der Waals surface area contributed by atoms with Gasteiger partial charge in [-0.05, 0) is 30.2 Å². The first-order chi connectivity index (χ1) is 14.7. The molecule has 5 rings (SSSR count). The Labute approximate surface area is 172 Å². The third kappa shape index (κ3) is 3.15. The molecule has 2 aromatic carbocycles. The topological polar surface area (TPSA) is 95.3 Å². The maximum absolute atomic E-state index is 12.7. The summed E-state index contributed by atoms with van der Waals surface area (Å²) in [5.41, 5.74) is 2.37. The lowest BCUT2D eigenvalue weighted by Gasteiger charge is -2.19. The Morgan fingerprint density at radius 2 is 2.07 bits per heavy atom. The van der Waals surface area contributed by atoms with Crippen molar-refractivity contribution >= 4 is 17.9 Å². The van der Waals surface area contributed by atoms with Gasteiger partial charge in [-0.2, -0.15) is 0 Å². The van der Waals surface area contributed by atoms with E-state index in [0.29, 0.717) is 36.6 Å². The van der Waals surface area contributed by atoms with E-state index >= 15 is 0 Å². The quantitative estimate of drug-likeness (QED) is 0.634. The Bertz CT molecular complexity index is 1110. The number of fused-ring (bicyclic) bond motifs is 2. The van der Waals surface area contributed by atoms with Crippen LogP contribution in [-0.2, 0) is 28.1 Å². The lowest BCUT2D eigenvalue weighted by Crippen LogP contribution is -2.35. The summed E-state index contributed by atoms with van der Waals surface area (Å²) >= 11 is 0. The van der Waals surface area contributed by atoms with E-state index in [1.54, 1.807) is 29.1 Å². The molecule has 8 nitrogen and oxygen atoms in total. The van der Waals surface area contributed by atoms with Crippen LogP contribution in [0, 0.1) is 0 Å². The number of nitrogens with zero attached hydrogens (tertiary/aromatic N) is 3.